The highest BCUT2D eigenvalue weighted by molar-refractivity contribution is 8.00. The standard InChI is InChI=1S/C22H27N3O4S/c1-6-7-8-16-14-17(25-21(24-16)9-10-23-25)20(30(5)26)13-15-11-18(27-2)22(29-4)19(12-15)28-3/h9-14H,6-8H2,1-5H3. The Bertz CT molecular complexity index is 1020. The summed E-state index contributed by atoms with van der Waals surface area (Å²) in [6, 6.07) is 7.48. The SMILES string of the molecule is CCCCc1cc(C(=Cc2cc(OC)c(OC)c(OC)c2)[S+](C)[O-])n2nccc2n1. The summed E-state index contributed by atoms with van der Waals surface area (Å²) < 4.78 is 30.8. The van der Waals surface area contributed by atoms with E-state index in [2.05, 4.69) is 17.0 Å². The molecule has 160 valence electrons. The van der Waals surface area contributed by atoms with Crippen LogP contribution in [-0.2, 0) is 17.6 Å². The highest BCUT2D eigenvalue weighted by Crippen LogP contribution is 2.39. The smallest absolute Gasteiger partial charge is 0.203 e. The van der Waals surface area contributed by atoms with Crippen LogP contribution in [0.2, 0.25) is 0 Å². The van der Waals surface area contributed by atoms with Gasteiger partial charge < -0.3 is 18.8 Å². The Hall–Kier alpha value is -2.71. The summed E-state index contributed by atoms with van der Waals surface area (Å²) in [6.45, 7) is 2.15. The molecule has 2 aromatic heterocycles. The van der Waals surface area contributed by atoms with E-state index in [9.17, 15) is 4.55 Å². The molecule has 0 aliphatic rings. The molecule has 7 nitrogen and oxygen atoms in total. The number of methoxy groups -OCH3 is 3. The minimum absolute atomic E-state index is 0.511. The fourth-order valence-electron chi connectivity index (χ4n) is 3.27. The van der Waals surface area contributed by atoms with E-state index in [1.807, 2.05) is 30.3 Å². The van der Waals surface area contributed by atoms with E-state index in [-0.39, 0.29) is 0 Å². The lowest BCUT2D eigenvalue weighted by molar-refractivity contribution is 0.324. The van der Waals surface area contributed by atoms with Crippen molar-refractivity contribution in [3.8, 4) is 17.2 Å². The van der Waals surface area contributed by atoms with Crippen molar-refractivity contribution >= 4 is 27.8 Å². The zero-order valence-electron chi connectivity index (χ0n) is 18.0. The number of fused-ring (bicyclic) bond motifs is 1. The second kappa shape index (κ2) is 9.86. The molecule has 1 atom stereocenters. The number of benzene rings is 1. The van der Waals surface area contributed by atoms with Gasteiger partial charge in [-0.1, -0.05) is 13.3 Å². The van der Waals surface area contributed by atoms with Gasteiger partial charge in [0.1, 0.15) is 11.9 Å². The van der Waals surface area contributed by atoms with E-state index in [4.69, 9.17) is 14.2 Å². The van der Waals surface area contributed by atoms with Crippen LogP contribution in [0.1, 0.15) is 36.7 Å². The van der Waals surface area contributed by atoms with Crippen LogP contribution in [0, 0.1) is 0 Å². The van der Waals surface area contributed by atoms with Gasteiger partial charge in [0.05, 0.1) is 27.5 Å². The van der Waals surface area contributed by atoms with Gasteiger partial charge in [-0.25, -0.2) is 9.50 Å². The van der Waals surface area contributed by atoms with E-state index in [0.29, 0.717) is 22.2 Å². The van der Waals surface area contributed by atoms with E-state index >= 15 is 0 Å². The first kappa shape index (κ1) is 22.0. The average molecular weight is 430 g/mol. The zero-order valence-corrected chi connectivity index (χ0v) is 18.8. The first-order valence-electron chi connectivity index (χ1n) is 9.71. The molecule has 2 heterocycles. The highest BCUT2D eigenvalue weighted by Gasteiger charge is 2.20. The Labute approximate surface area is 179 Å². The predicted octanol–water partition coefficient (Wildman–Crippen LogP) is 3.97. The van der Waals surface area contributed by atoms with Crippen molar-refractivity contribution in [1.82, 2.24) is 14.6 Å². The van der Waals surface area contributed by atoms with Crippen LogP contribution in [0.5, 0.6) is 17.2 Å². The van der Waals surface area contributed by atoms with E-state index in [0.717, 1.165) is 41.9 Å². The number of hydrogen-bond acceptors (Lipinski definition) is 6. The molecular formula is C22H27N3O4S. The molecule has 0 radical (unpaired) electrons. The normalized spacial score (nSPS) is 12.8. The summed E-state index contributed by atoms with van der Waals surface area (Å²) in [5.74, 6) is 1.58. The Morgan fingerprint density at radius 1 is 1.13 bits per heavy atom. The number of rotatable bonds is 9. The molecule has 0 saturated carbocycles. The van der Waals surface area contributed by atoms with Crippen LogP contribution < -0.4 is 14.2 Å². The van der Waals surface area contributed by atoms with Crippen LogP contribution in [0.3, 0.4) is 0 Å². The number of hydrogen-bond donors (Lipinski definition) is 0. The number of aromatic nitrogens is 3. The summed E-state index contributed by atoms with van der Waals surface area (Å²) in [4.78, 5) is 5.31. The van der Waals surface area contributed by atoms with Crippen molar-refractivity contribution < 1.29 is 18.8 Å². The van der Waals surface area contributed by atoms with Crippen LogP contribution in [0.4, 0.5) is 0 Å². The molecule has 30 heavy (non-hydrogen) atoms. The summed E-state index contributed by atoms with van der Waals surface area (Å²) in [7, 11) is 4.70. The number of aryl methyl sites for hydroxylation is 1. The molecule has 1 aromatic carbocycles. The molecule has 0 amide bonds. The van der Waals surface area contributed by atoms with Crippen molar-refractivity contribution in [1.29, 1.82) is 0 Å². The zero-order chi connectivity index (χ0) is 21.7. The van der Waals surface area contributed by atoms with Gasteiger partial charge >= 0.3 is 0 Å². The molecule has 0 spiro atoms. The van der Waals surface area contributed by atoms with Gasteiger partial charge in [-0.3, -0.25) is 0 Å². The van der Waals surface area contributed by atoms with Crippen LogP contribution >= 0.6 is 0 Å². The van der Waals surface area contributed by atoms with Crippen LogP contribution in [-0.4, -0.2) is 46.7 Å². The maximum absolute atomic E-state index is 12.8. The second-order valence-corrected chi connectivity index (χ2v) is 8.11. The lowest BCUT2D eigenvalue weighted by Gasteiger charge is -2.15. The summed E-state index contributed by atoms with van der Waals surface area (Å²) in [5.41, 5.74) is 3.23. The quantitative estimate of drug-likeness (QED) is 0.479. The first-order valence-corrected chi connectivity index (χ1v) is 11.3. The van der Waals surface area contributed by atoms with Gasteiger partial charge in [-0.15, -0.1) is 0 Å². The molecule has 0 bridgehead atoms. The monoisotopic (exact) mass is 429 g/mol. The lowest BCUT2D eigenvalue weighted by atomic mass is 10.1. The molecule has 1 unspecified atom stereocenters. The molecule has 0 fully saturated rings. The number of unbranched alkanes of at least 4 members (excludes halogenated alkanes) is 1. The van der Waals surface area contributed by atoms with Crippen LogP contribution in [0.25, 0.3) is 16.6 Å². The summed E-state index contributed by atoms with van der Waals surface area (Å²) in [5, 5.41) is 4.39. The summed E-state index contributed by atoms with van der Waals surface area (Å²) in [6.07, 6.45) is 8.20. The topological polar surface area (TPSA) is 80.9 Å². The first-order chi connectivity index (χ1) is 14.5. The fraction of sp³-hybridized carbons (Fsp3) is 0.364. The fourth-order valence-corrected chi connectivity index (χ4v) is 4.01. The minimum atomic E-state index is -1.27. The second-order valence-electron chi connectivity index (χ2n) is 6.76. The van der Waals surface area contributed by atoms with E-state index in [1.54, 1.807) is 38.3 Å². The van der Waals surface area contributed by atoms with Gasteiger partial charge in [-0.2, -0.15) is 5.10 Å². The molecule has 3 rings (SSSR count). The number of ether oxygens (including phenoxy) is 3. The van der Waals surface area contributed by atoms with E-state index < -0.39 is 11.2 Å². The Kier molecular flexibility index (Phi) is 7.23. The van der Waals surface area contributed by atoms with Crippen molar-refractivity contribution in [2.24, 2.45) is 0 Å². The van der Waals surface area contributed by atoms with Crippen molar-refractivity contribution in [2.75, 3.05) is 27.6 Å². The van der Waals surface area contributed by atoms with E-state index in [1.165, 1.54) is 0 Å². The van der Waals surface area contributed by atoms with Gasteiger partial charge in [0.15, 0.2) is 22.1 Å². The largest absolute Gasteiger partial charge is 0.612 e. The van der Waals surface area contributed by atoms with Crippen LogP contribution in [0.15, 0.2) is 30.5 Å². The molecule has 0 aliphatic carbocycles. The Morgan fingerprint density at radius 3 is 2.40 bits per heavy atom. The Balaban J connectivity index is 2.17. The Morgan fingerprint density at radius 2 is 1.83 bits per heavy atom. The molecule has 0 saturated heterocycles. The third kappa shape index (κ3) is 4.55. The van der Waals surface area contributed by atoms with Crippen molar-refractivity contribution in [3.05, 3.63) is 47.4 Å². The predicted molar refractivity (Wildman–Crippen MR) is 120 cm³/mol. The highest BCUT2D eigenvalue weighted by atomic mass is 32.2. The maximum atomic E-state index is 12.8. The third-order valence-electron chi connectivity index (χ3n) is 4.75. The van der Waals surface area contributed by atoms with Crippen molar-refractivity contribution in [2.45, 2.75) is 26.2 Å². The molecular weight excluding hydrogens is 402 g/mol. The average Bonchev–Trinajstić information content (AvgIpc) is 3.23. The lowest BCUT2D eigenvalue weighted by Crippen LogP contribution is -2.09. The van der Waals surface area contributed by atoms with Gasteiger partial charge in [0.2, 0.25) is 5.75 Å². The third-order valence-corrected chi connectivity index (χ3v) is 5.69. The minimum Gasteiger partial charge on any atom is -0.612 e. The van der Waals surface area contributed by atoms with Crippen molar-refractivity contribution in [3.63, 3.8) is 0 Å². The molecule has 0 aliphatic heterocycles. The van der Waals surface area contributed by atoms with Gasteiger partial charge in [0.25, 0.3) is 0 Å². The van der Waals surface area contributed by atoms with Gasteiger partial charge in [-0.05, 0) is 47.8 Å². The molecule has 3 aromatic rings. The van der Waals surface area contributed by atoms with Gasteiger partial charge in [0, 0.05) is 17.8 Å². The molecule has 8 heteroatoms. The number of nitrogens with zero attached hydrogens (tertiary/aromatic N) is 3. The molecule has 0 N–H and O–H groups in total. The maximum Gasteiger partial charge on any atom is 0.203 e. The summed E-state index contributed by atoms with van der Waals surface area (Å²) >= 11 is -1.27.